The fourth-order valence-electron chi connectivity index (χ4n) is 10.9. The molecule has 6 atom stereocenters. The average Bonchev–Trinajstić information content (AvgIpc) is 3.71. The van der Waals surface area contributed by atoms with Gasteiger partial charge in [0.05, 0.1) is 26.4 Å². The lowest BCUT2D eigenvalue weighted by atomic mass is 9.99. The molecule has 3 N–H and O–H groups in total. The van der Waals surface area contributed by atoms with Gasteiger partial charge in [0.1, 0.15) is 19.3 Å². The molecule has 0 bridgehead atoms. The van der Waals surface area contributed by atoms with Gasteiger partial charge in [-0.3, -0.25) is 37.3 Å². The summed E-state index contributed by atoms with van der Waals surface area (Å²) >= 11 is 0. The molecule has 0 aromatic rings. The Morgan fingerprint density at radius 2 is 0.560 bits per heavy atom. The normalized spacial score (nSPS) is 14.4. The van der Waals surface area contributed by atoms with Crippen LogP contribution >= 0.6 is 15.6 Å². The molecular weight excluding hydrogens is 1200 g/mol. The molecule has 0 radical (unpaired) electrons. The lowest BCUT2D eigenvalue weighted by molar-refractivity contribution is -0.161. The molecular formula is C72H140O17P2. The van der Waals surface area contributed by atoms with E-state index in [9.17, 15) is 43.2 Å². The van der Waals surface area contributed by atoms with Gasteiger partial charge in [-0.15, -0.1) is 0 Å². The van der Waals surface area contributed by atoms with Gasteiger partial charge in [0.2, 0.25) is 0 Å². The van der Waals surface area contributed by atoms with Crippen molar-refractivity contribution in [3.8, 4) is 0 Å². The minimum Gasteiger partial charge on any atom is -0.462 e. The first-order chi connectivity index (χ1) is 43.9. The maximum absolute atomic E-state index is 13.0. The number of aliphatic hydroxyl groups is 1. The zero-order chi connectivity index (χ0) is 67.2. The van der Waals surface area contributed by atoms with Crippen molar-refractivity contribution in [3.63, 3.8) is 0 Å². The smallest absolute Gasteiger partial charge is 0.462 e. The minimum absolute atomic E-state index is 0.107. The Morgan fingerprint density at radius 3 is 0.835 bits per heavy atom. The van der Waals surface area contributed by atoms with Gasteiger partial charge in [-0.25, -0.2) is 9.13 Å². The highest BCUT2D eigenvalue weighted by molar-refractivity contribution is 7.47. The topological polar surface area (TPSA) is 237 Å². The van der Waals surface area contributed by atoms with E-state index in [1.54, 1.807) is 0 Å². The molecule has 0 amide bonds. The molecule has 0 rings (SSSR count). The van der Waals surface area contributed by atoms with Gasteiger partial charge in [-0.2, -0.15) is 0 Å². The molecule has 0 aromatic carbocycles. The van der Waals surface area contributed by atoms with E-state index in [2.05, 4.69) is 41.5 Å². The SMILES string of the molecule is CCCCCCCCCCCCCC(=O)O[C@H](COC(=O)CCCCCCCCCCC)COP(=O)(O)OC[C@H](O)COP(=O)(O)OC[C@@H](COC(=O)CCCCCCCCCCCCC(C)C)OC(=O)CCCCCCCCCCCCCCCCC(C)CC. The third kappa shape index (κ3) is 65.1. The minimum atomic E-state index is -4.95. The van der Waals surface area contributed by atoms with E-state index in [-0.39, 0.29) is 25.7 Å². The van der Waals surface area contributed by atoms with Crippen molar-refractivity contribution in [1.82, 2.24) is 0 Å². The van der Waals surface area contributed by atoms with Crippen LogP contribution in [0.1, 0.15) is 369 Å². The highest BCUT2D eigenvalue weighted by Gasteiger charge is 2.30. The summed E-state index contributed by atoms with van der Waals surface area (Å²) in [6.07, 6.45) is 49.8. The quantitative estimate of drug-likeness (QED) is 0.0222. The Balaban J connectivity index is 5.22. The van der Waals surface area contributed by atoms with Crippen LogP contribution in [0.5, 0.6) is 0 Å². The molecule has 3 unspecified atom stereocenters. The largest absolute Gasteiger partial charge is 0.472 e. The van der Waals surface area contributed by atoms with Gasteiger partial charge < -0.3 is 33.8 Å². The van der Waals surface area contributed by atoms with Crippen molar-refractivity contribution in [2.24, 2.45) is 11.8 Å². The number of carbonyl (C=O) groups excluding carboxylic acids is 4. The molecule has 540 valence electrons. The highest BCUT2D eigenvalue weighted by Crippen LogP contribution is 2.45. The number of hydrogen-bond acceptors (Lipinski definition) is 15. The monoisotopic (exact) mass is 1340 g/mol. The predicted octanol–water partition coefficient (Wildman–Crippen LogP) is 20.8. The van der Waals surface area contributed by atoms with Crippen LogP contribution in [-0.2, 0) is 65.4 Å². The first-order valence-electron chi connectivity index (χ1n) is 37.5. The van der Waals surface area contributed by atoms with Crippen LogP contribution in [0.3, 0.4) is 0 Å². The number of hydrogen-bond donors (Lipinski definition) is 3. The summed E-state index contributed by atoms with van der Waals surface area (Å²) in [5.74, 6) is -0.517. The van der Waals surface area contributed by atoms with Crippen LogP contribution in [0, 0.1) is 11.8 Å². The fraction of sp³-hybridized carbons (Fsp3) is 0.944. The third-order valence-electron chi connectivity index (χ3n) is 17.1. The van der Waals surface area contributed by atoms with Gasteiger partial charge in [-0.1, -0.05) is 318 Å². The van der Waals surface area contributed by atoms with E-state index >= 15 is 0 Å². The lowest BCUT2D eigenvalue weighted by Crippen LogP contribution is -2.30. The molecule has 0 fully saturated rings. The highest BCUT2D eigenvalue weighted by atomic mass is 31.2. The Morgan fingerprint density at radius 1 is 0.319 bits per heavy atom. The third-order valence-corrected chi connectivity index (χ3v) is 19.0. The predicted molar refractivity (Wildman–Crippen MR) is 368 cm³/mol. The molecule has 19 heteroatoms. The molecule has 0 aliphatic rings. The first-order valence-corrected chi connectivity index (χ1v) is 40.5. The van der Waals surface area contributed by atoms with Gasteiger partial charge >= 0.3 is 39.5 Å². The first kappa shape index (κ1) is 89.1. The van der Waals surface area contributed by atoms with Crippen LogP contribution < -0.4 is 0 Å². The summed E-state index contributed by atoms with van der Waals surface area (Å²) < 4.78 is 68.3. The van der Waals surface area contributed by atoms with E-state index in [0.29, 0.717) is 25.7 Å². The van der Waals surface area contributed by atoms with E-state index in [0.717, 1.165) is 102 Å². The van der Waals surface area contributed by atoms with Crippen LogP contribution in [0.4, 0.5) is 0 Å². The van der Waals surface area contributed by atoms with E-state index in [4.69, 9.17) is 37.0 Å². The zero-order valence-corrected chi connectivity index (χ0v) is 60.9. The van der Waals surface area contributed by atoms with E-state index in [1.807, 2.05) is 0 Å². The number of esters is 4. The van der Waals surface area contributed by atoms with Gasteiger partial charge in [0.15, 0.2) is 12.2 Å². The van der Waals surface area contributed by atoms with Crippen molar-refractivity contribution < 1.29 is 80.2 Å². The number of ether oxygens (including phenoxy) is 4. The molecule has 0 aliphatic carbocycles. The number of unbranched alkanes of at least 4 members (excludes halogenated alkanes) is 40. The Kier molecular flexibility index (Phi) is 62.7. The van der Waals surface area contributed by atoms with Crippen molar-refractivity contribution in [1.29, 1.82) is 0 Å². The standard InChI is InChI=1S/C72H140O17P2/c1-7-10-12-14-16-18-23-32-38-44-50-56-71(76)88-67(60-82-69(74)54-48-42-36-28-17-15-13-11-8-2)62-86-90(78,79)84-58-66(73)59-85-91(80,81)87-63-68(61-83-70(75)55-49-43-37-31-27-26-29-34-40-46-52-64(4)5)89-72(77)57-51-45-39-33-25-22-20-19-21-24-30-35-41-47-53-65(6)9-3/h64-68,73H,7-63H2,1-6H3,(H,78,79)(H,80,81)/t65?,66-,67+,68+/m0/s1. The number of aliphatic hydroxyl groups excluding tert-OH is 1. The van der Waals surface area contributed by atoms with Crippen LogP contribution in [0.2, 0.25) is 0 Å². The van der Waals surface area contributed by atoms with Gasteiger partial charge in [-0.05, 0) is 37.5 Å². The number of phosphoric acid groups is 2. The second-order valence-corrected chi connectivity index (χ2v) is 29.6. The van der Waals surface area contributed by atoms with Crippen molar-refractivity contribution >= 4 is 39.5 Å². The molecule has 0 saturated heterocycles. The van der Waals surface area contributed by atoms with Crippen LogP contribution in [0.15, 0.2) is 0 Å². The summed E-state index contributed by atoms with van der Waals surface area (Å²) in [6, 6.07) is 0. The van der Waals surface area contributed by atoms with Crippen molar-refractivity contribution in [2.45, 2.75) is 387 Å². The van der Waals surface area contributed by atoms with Crippen molar-refractivity contribution in [2.75, 3.05) is 39.6 Å². The maximum Gasteiger partial charge on any atom is 0.472 e. The molecule has 0 saturated carbocycles. The summed E-state index contributed by atoms with van der Waals surface area (Å²) in [5.41, 5.74) is 0. The average molecular weight is 1340 g/mol. The van der Waals surface area contributed by atoms with E-state index in [1.165, 1.54) is 186 Å². The molecule has 0 heterocycles. The number of carbonyl (C=O) groups is 4. The molecule has 0 aromatic heterocycles. The number of phosphoric ester groups is 2. The second-order valence-electron chi connectivity index (χ2n) is 26.7. The van der Waals surface area contributed by atoms with Crippen LogP contribution in [0.25, 0.3) is 0 Å². The Labute approximate surface area is 556 Å². The van der Waals surface area contributed by atoms with Crippen LogP contribution in [-0.4, -0.2) is 96.7 Å². The fourth-order valence-corrected chi connectivity index (χ4v) is 12.5. The molecule has 91 heavy (non-hydrogen) atoms. The summed E-state index contributed by atoms with van der Waals surface area (Å²) in [6.45, 7) is 9.60. The summed E-state index contributed by atoms with van der Waals surface area (Å²) in [5, 5.41) is 10.6. The Hall–Kier alpha value is -1.94. The van der Waals surface area contributed by atoms with Gasteiger partial charge in [0, 0.05) is 25.7 Å². The van der Waals surface area contributed by atoms with Crippen molar-refractivity contribution in [3.05, 3.63) is 0 Å². The lowest BCUT2D eigenvalue weighted by Gasteiger charge is -2.21. The number of rotatable bonds is 71. The van der Waals surface area contributed by atoms with Gasteiger partial charge in [0.25, 0.3) is 0 Å². The maximum atomic E-state index is 13.0. The molecule has 17 nitrogen and oxygen atoms in total. The molecule has 0 aliphatic heterocycles. The molecule has 0 spiro atoms. The second kappa shape index (κ2) is 64.1. The Bertz CT molecular complexity index is 1770. The van der Waals surface area contributed by atoms with E-state index < -0.39 is 97.5 Å². The summed E-state index contributed by atoms with van der Waals surface area (Å²) in [4.78, 5) is 72.6. The summed E-state index contributed by atoms with van der Waals surface area (Å²) in [7, 11) is -9.90. The zero-order valence-electron chi connectivity index (χ0n) is 59.1.